The number of pyridine rings is 1. The van der Waals surface area contributed by atoms with Gasteiger partial charge in [0, 0.05) is 24.5 Å². The first-order chi connectivity index (χ1) is 18.3. The van der Waals surface area contributed by atoms with Crippen LogP contribution >= 0.6 is 0 Å². The molecule has 4 aromatic rings. The van der Waals surface area contributed by atoms with Crippen molar-refractivity contribution in [2.75, 3.05) is 19.3 Å². The van der Waals surface area contributed by atoms with Gasteiger partial charge >= 0.3 is 0 Å². The van der Waals surface area contributed by atoms with E-state index in [1.165, 1.54) is 0 Å². The molecule has 3 N–H and O–H groups in total. The van der Waals surface area contributed by atoms with Crippen LogP contribution in [0.2, 0.25) is 0 Å². The molecule has 0 aliphatic rings. The Hall–Kier alpha value is -4.05. The maximum absolute atomic E-state index is 12.6. The minimum Gasteiger partial charge on any atom is -0.457 e. The van der Waals surface area contributed by atoms with Gasteiger partial charge in [0.15, 0.2) is 0 Å². The molecule has 4 rings (SSSR count). The van der Waals surface area contributed by atoms with Crippen LogP contribution in [-0.4, -0.2) is 43.8 Å². The third-order valence-electron chi connectivity index (χ3n) is 5.76. The van der Waals surface area contributed by atoms with Crippen LogP contribution in [-0.2, 0) is 16.4 Å². The zero-order valence-electron chi connectivity index (χ0n) is 20.9. The van der Waals surface area contributed by atoms with E-state index in [0.29, 0.717) is 18.8 Å². The molecule has 9 heteroatoms. The van der Waals surface area contributed by atoms with Gasteiger partial charge in [0.1, 0.15) is 11.5 Å². The number of aliphatic hydroxyl groups excluding tert-OH is 1. The van der Waals surface area contributed by atoms with Gasteiger partial charge in [-0.2, -0.15) is 0 Å². The second kappa shape index (κ2) is 12.5. The van der Waals surface area contributed by atoms with E-state index in [9.17, 15) is 18.3 Å². The molecule has 38 heavy (non-hydrogen) atoms. The summed E-state index contributed by atoms with van der Waals surface area (Å²) in [6, 6.07) is 25.7. The third-order valence-corrected chi connectivity index (χ3v) is 6.32. The summed E-state index contributed by atoms with van der Waals surface area (Å²) >= 11 is 0. The number of hydrogen-bond acceptors (Lipinski definition) is 7. The Morgan fingerprint density at radius 3 is 2.39 bits per heavy atom. The smallest absolute Gasteiger partial charge is 0.268 e. The second-order valence-corrected chi connectivity index (χ2v) is 10.5. The number of aliphatic hydroxyl groups is 1. The van der Waals surface area contributed by atoms with Gasteiger partial charge in [0.25, 0.3) is 5.91 Å². The Morgan fingerprint density at radius 2 is 1.71 bits per heavy atom. The van der Waals surface area contributed by atoms with Crippen LogP contribution in [0.15, 0.2) is 97.3 Å². The fourth-order valence-electron chi connectivity index (χ4n) is 3.84. The van der Waals surface area contributed by atoms with Crippen molar-refractivity contribution in [3.8, 4) is 22.6 Å². The fraction of sp³-hybridized carbons (Fsp3) is 0.172. The number of carbonyl (C=O) groups excluding carboxylic acids is 1. The molecule has 0 spiro atoms. The molecule has 0 aliphatic carbocycles. The highest BCUT2D eigenvalue weighted by Crippen LogP contribution is 2.31. The number of hydrogen-bond donors (Lipinski definition) is 3. The van der Waals surface area contributed by atoms with Crippen molar-refractivity contribution in [3.63, 3.8) is 0 Å². The van der Waals surface area contributed by atoms with Gasteiger partial charge in [-0.1, -0.05) is 54.6 Å². The first-order valence-electron chi connectivity index (χ1n) is 12.1. The van der Waals surface area contributed by atoms with Crippen LogP contribution in [0.4, 0.5) is 0 Å². The number of nitrogens with zero attached hydrogens (tertiary/aromatic N) is 1. The predicted octanol–water partition coefficient (Wildman–Crippen LogP) is 4.10. The number of amides is 1. The lowest BCUT2D eigenvalue weighted by atomic mass is 10.0. The van der Waals surface area contributed by atoms with Crippen molar-refractivity contribution in [2.45, 2.75) is 12.5 Å². The summed E-state index contributed by atoms with van der Waals surface area (Å²) in [5, 5.41) is 13.5. The number of rotatable bonds is 11. The highest BCUT2D eigenvalue weighted by Gasteiger charge is 2.18. The lowest BCUT2D eigenvalue weighted by Crippen LogP contribution is -2.29. The zero-order valence-corrected chi connectivity index (χ0v) is 21.7. The summed E-state index contributed by atoms with van der Waals surface area (Å²) < 4.78 is 31.2. The molecule has 0 fully saturated rings. The van der Waals surface area contributed by atoms with E-state index in [0.717, 1.165) is 34.9 Å². The van der Waals surface area contributed by atoms with Crippen molar-refractivity contribution < 1.29 is 23.1 Å². The van der Waals surface area contributed by atoms with Crippen molar-refractivity contribution in [3.05, 3.63) is 114 Å². The molecular weight excluding hydrogens is 502 g/mol. The largest absolute Gasteiger partial charge is 0.457 e. The normalized spacial score (nSPS) is 12.1. The van der Waals surface area contributed by atoms with Crippen LogP contribution in [0.5, 0.6) is 11.5 Å². The lowest BCUT2D eigenvalue weighted by Gasteiger charge is -2.14. The first kappa shape index (κ1) is 27.0. The molecule has 3 aromatic carbocycles. The highest BCUT2D eigenvalue weighted by atomic mass is 32.2. The summed E-state index contributed by atoms with van der Waals surface area (Å²) in [5.74, 6) is 0.00586. The Labute approximate surface area is 222 Å². The first-order valence-corrected chi connectivity index (χ1v) is 13.9. The monoisotopic (exact) mass is 531 g/mol. The van der Waals surface area contributed by atoms with Crippen LogP contribution in [0.3, 0.4) is 0 Å². The van der Waals surface area contributed by atoms with E-state index >= 15 is 0 Å². The molecule has 1 atom stereocenters. The van der Waals surface area contributed by atoms with Crippen molar-refractivity contribution in [2.24, 2.45) is 0 Å². The van der Waals surface area contributed by atoms with E-state index in [2.05, 4.69) is 10.3 Å². The number of aromatic nitrogens is 1. The average Bonchev–Trinajstić information content (AvgIpc) is 2.91. The number of sulfonamides is 1. The molecule has 1 heterocycles. The molecule has 0 saturated heterocycles. The number of carbonyl (C=O) groups is 1. The molecule has 1 amide bonds. The Kier molecular flexibility index (Phi) is 8.85. The SMILES string of the molecule is CS(=O)(=O)NC(=O)c1ccc(-c2ccc(CCNC[C@H](O)c3cccnc3)cc2)cc1Oc1ccccc1. The molecule has 0 aliphatic heterocycles. The maximum atomic E-state index is 12.6. The zero-order chi connectivity index (χ0) is 27.0. The number of para-hydroxylation sites is 1. The van der Waals surface area contributed by atoms with Crippen molar-refractivity contribution in [1.29, 1.82) is 0 Å². The third kappa shape index (κ3) is 7.72. The van der Waals surface area contributed by atoms with E-state index in [-0.39, 0.29) is 11.3 Å². The van der Waals surface area contributed by atoms with Gasteiger partial charge in [0.05, 0.1) is 17.9 Å². The fourth-order valence-corrected chi connectivity index (χ4v) is 4.29. The summed E-state index contributed by atoms with van der Waals surface area (Å²) in [5.41, 5.74) is 3.75. The van der Waals surface area contributed by atoms with Crippen molar-refractivity contribution >= 4 is 15.9 Å². The van der Waals surface area contributed by atoms with Gasteiger partial charge in [0.2, 0.25) is 10.0 Å². The van der Waals surface area contributed by atoms with Crippen LogP contribution in [0.25, 0.3) is 11.1 Å². The maximum Gasteiger partial charge on any atom is 0.268 e. The van der Waals surface area contributed by atoms with Crippen molar-refractivity contribution in [1.82, 2.24) is 15.0 Å². The Balaban J connectivity index is 1.44. The number of nitrogens with one attached hydrogen (secondary N) is 2. The summed E-state index contributed by atoms with van der Waals surface area (Å²) in [7, 11) is -3.73. The van der Waals surface area contributed by atoms with Crippen LogP contribution < -0.4 is 14.8 Å². The van der Waals surface area contributed by atoms with Gasteiger partial charge < -0.3 is 15.2 Å². The van der Waals surface area contributed by atoms with Gasteiger partial charge in [-0.25, -0.2) is 13.1 Å². The predicted molar refractivity (Wildman–Crippen MR) is 146 cm³/mol. The quantitative estimate of drug-likeness (QED) is 0.250. The second-order valence-electron chi connectivity index (χ2n) is 8.78. The summed E-state index contributed by atoms with van der Waals surface area (Å²) in [6.07, 6.45) is 4.44. The molecule has 0 bridgehead atoms. The Bertz CT molecular complexity index is 1460. The molecule has 0 unspecified atom stereocenters. The standard InChI is InChI=1S/C29H29N3O5S/c1-38(35,36)32-29(34)26-14-13-23(18-28(26)37-25-7-3-2-4-8-25)22-11-9-21(10-12-22)15-17-31-20-27(33)24-6-5-16-30-19-24/h2-14,16,18-19,27,31,33H,15,17,20H2,1H3,(H,32,34)/t27-/m0/s1. The van der Waals surface area contributed by atoms with Crippen LogP contribution in [0.1, 0.15) is 27.6 Å². The molecule has 0 radical (unpaired) electrons. The van der Waals surface area contributed by atoms with Gasteiger partial charge in [-0.15, -0.1) is 0 Å². The average molecular weight is 532 g/mol. The molecule has 1 aromatic heterocycles. The van der Waals surface area contributed by atoms with E-state index in [1.54, 1.807) is 48.8 Å². The number of benzene rings is 3. The molecule has 0 saturated carbocycles. The topological polar surface area (TPSA) is 118 Å². The van der Waals surface area contributed by atoms with Crippen LogP contribution in [0, 0.1) is 0 Å². The summed E-state index contributed by atoms with van der Waals surface area (Å²) in [4.78, 5) is 16.6. The molecular formula is C29H29N3O5S. The minimum atomic E-state index is -3.73. The highest BCUT2D eigenvalue weighted by molar-refractivity contribution is 7.89. The van der Waals surface area contributed by atoms with Gasteiger partial charge in [-0.05, 0) is 60.0 Å². The lowest BCUT2D eigenvalue weighted by molar-refractivity contribution is 0.0979. The van der Waals surface area contributed by atoms with E-state index in [4.69, 9.17) is 4.74 Å². The molecule has 8 nitrogen and oxygen atoms in total. The minimum absolute atomic E-state index is 0.110. The Morgan fingerprint density at radius 1 is 0.974 bits per heavy atom. The van der Waals surface area contributed by atoms with Gasteiger partial charge in [-0.3, -0.25) is 9.78 Å². The molecule has 196 valence electrons. The van der Waals surface area contributed by atoms with E-state index in [1.807, 2.05) is 53.3 Å². The van der Waals surface area contributed by atoms with E-state index < -0.39 is 22.0 Å². The summed E-state index contributed by atoms with van der Waals surface area (Å²) in [6.45, 7) is 1.14. The number of ether oxygens (including phenoxy) is 1.